The third kappa shape index (κ3) is 2.96. The van der Waals surface area contributed by atoms with Crippen LogP contribution in [-0.2, 0) is 6.54 Å². The fourth-order valence-corrected chi connectivity index (χ4v) is 2.56. The second-order valence-corrected chi connectivity index (χ2v) is 5.38. The van der Waals surface area contributed by atoms with Crippen LogP contribution in [0.4, 0.5) is 0 Å². The summed E-state index contributed by atoms with van der Waals surface area (Å²) >= 11 is 0. The van der Waals surface area contributed by atoms with Gasteiger partial charge in [-0.2, -0.15) is 0 Å². The molecular weight excluding hydrogens is 226 g/mol. The molecule has 1 N–H and O–H groups in total. The number of hydrogen-bond acceptors (Lipinski definition) is 3. The van der Waals surface area contributed by atoms with Crippen molar-refractivity contribution >= 4 is 0 Å². The highest BCUT2D eigenvalue weighted by atomic mass is 16.5. The summed E-state index contributed by atoms with van der Waals surface area (Å²) in [6.07, 6.45) is 0. The first-order valence-corrected chi connectivity index (χ1v) is 6.77. The standard InChI is InChI=1S/C15H23NO2/c1-4-18-15-7-13(5-6-14(15)17)10-16-8-11(2)12(3)9-16/h5-7,11-12,17H,4,8-10H2,1-3H3. The van der Waals surface area contributed by atoms with Gasteiger partial charge in [0.15, 0.2) is 11.5 Å². The van der Waals surface area contributed by atoms with Gasteiger partial charge in [0.05, 0.1) is 6.61 Å². The normalized spacial score (nSPS) is 24.4. The lowest BCUT2D eigenvalue weighted by Gasteiger charge is -2.16. The average Bonchev–Trinajstić information content (AvgIpc) is 2.63. The first-order valence-electron chi connectivity index (χ1n) is 6.77. The van der Waals surface area contributed by atoms with Crippen molar-refractivity contribution in [3.05, 3.63) is 23.8 Å². The fourth-order valence-electron chi connectivity index (χ4n) is 2.56. The zero-order chi connectivity index (χ0) is 13.1. The van der Waals surface area contributed by atoms with Gasteiger partial charge in [0.2, 0.25) is 0 Å². The Bertz CT molecular complexity index is 395. The molecule has 1 heterocycles. The van der Waals surface area contributed by atoms with Gasteiger partial charge in [-0.25, -0.2) is 0 Å². The molecule has 1 fully saturated rings. The van der Waals surface area contributed by atoms with E-state index in [0.29, 0.717) is 12.4 Å². The van der Waals surface area contributed by atoms with Crippen molar-refractivity contribution in [2.45, 2.75) is 27.3 Å². The number of ether oxygens (including phenoxy) is 1. The van der Waals surface area contributed by atoms with Crippen LogP contribution in [0.25, 0.3) is 0 Å². The minimum atomic E-state index is 0.226. The zero-order valence-corrected chi connectivity index (χ0v) is 11.5. The molecule has 18 heavy (non-hydrogen) atoms. The van der Waals surface area contributed by atoms with Crippen LogP contribution in [0.2, 0.25) is 0 Å². The summed E-state index contributed by atoms with van der Waals surface area (Å²) in [6.45, 7) is 10.4. The second-order valence-electron chi connectivity index (χ2n) is 5.38. The van der Waals surface area contributed by atoms with Gasteiger partial charge in [0, 0.05) is 19.6 Å². The van der Waals surface area contributed by atoms with E-state index in [2.05, 4.69) is 18.7 Å². The highest BCUT2D eigenvalue weighted by Crippen LogP contribution is 2.29. The lowest BCUT2D eigenvalue weighted by atomic mass is 10.0. The van der Waals surface area contributed by atoms with E-state index in [1.54, 1.807) is 6.07 Å². The van der Waals surface area contributed by atoms with E-state index in [9.17, 15) is 5.11 Å². The van der Waals surface area contributed by atoms with Crippen LogP contribution in [0.3, 0.4) is 0 Å². The quantitative estimate of drug-likeness (QED) is 0.890. The molecule has 0 saturated carbocycles. The highest BCUT2D eigenvalue weighted by molar-refractivity contribution is 5.41. The summed E-state index contributed by atoms with van der Waals surface area (Å²) < 4.78 is 5.42. The molecule has 1 aliphatic heterocycles. The van der Waals surface area contributed by atoms with Crippen molar-refractivity contribution in [3.63, 3.8) is 0 Å². The molecule has 2 atom stereocenters. The number of benzene rings is 1. The van der Waals surface area contributed by atoms with E-state index < -0.39 is 0 Å². The maximum absolute atomic E-state index is 9.67. The maximum Gasteiger partial charge on any atom is 0.161 e. The van der Waals surface area contributed by atoms with Gasteiger partial charge in [0.1, 0.15) is 0 Å². The lowest BCUT2D eigenvalue weighted by molar-refractivity contribution is 0.307. The fraction of sp³-hybridized carbons (Fsp3) is 0.600. The van der Waals surface area contributed by atoms with E-state index in [4.69, 9.17) is 4.74 Å². The third-order valence-corrected chi connectivity index (χ3v) is 3.79. The number of phenols is 1. The predicted octanol–water partition coefficient (Wildman–Crippen LogP) is 2.88. The first-order chi connectivity index (χ1) is 8.60. The number of aromatic hydroxyl groups is 1. The predicted molar refractivity (Wildman–Crippen MR) is 72.9 cm³/mol. The summed E-state index contributed by atoms with van der Waals surface area (Å²) in [4.78, 5) is 2.47. The molecule has 3 nitrogen and oxygen atoms in total. The Labute approximate surface area is 109 Å². The SMILES string of the molecule is CCOc1cc(CN2CC(C)C(C)C2)ccc1O. The number of likely N-dealkylation sites (tertiary alicyclic amines) is 1. The topological polar surface area (TPSA) is 32.7 Å². The number of hydrogen-bond donors (Lipinski definition) is 1. The molecule has 1 saturated heterocycles. The van der Waals surface area contributed by atoms with Crippen molar-refractivity contribution in [2.75, 3.05) is 19.7 Å². The minimum Gasteiger partial charge on any atom is -0.504 e. The molecule has 0 amide bonds. The van der Waals surface area contributed by atoms with Gasteiger partial charge in [-0.15, -0.1) is 0 Å². The first kappa shape index (κ1) is 13.2. The summed E-state index contributed by atoms with van der Waals surface area (Å²) in [5.74, 6) is 2.36. The Morgan fingerprint density at radius 3 is 2.56 bits per heavy atom. The molecule has 0 bridgehead atoms. The average molecular weight is 249 g/mol. The lowest BCUT2D eigenvalue weighted by Crippen LogP contribution is -2.20. The summed E-state index contributed by atoms with van der Waals surface area (Å²) in [5.41, 5.74) is 1.21. The summed E-state index contributed by atoms with van der Waals surface area (Å²) in [7, 11) is 0. The highest BCUT2D eigenvalue weighted by Gasteiger charge is 2.25. The molecule has 0 aromatic heterocycles. The van der Waals surface area contributed by atoms with Gasteiger partial charge in [-0.05, 0) is 36.5 Å². The van der Waals surface area contributed by atoms with Crippen LogP contribution in [0.1, 0.15) is 26.3 Å². The summed E-state index contributed by atoms with van der Waals surface area (Å²) in [5, 5.41) is 9.67. The second kappa shape index (κ2) is 5.61. The van der Waals surface area contributed by atoms with Gasteiger partial charge in [0.25, 0.3) is 0 Å². The van der Waals surface area contributed by atoms with Crippen LogP contribution in [0.5, 0.6) is 11.5 Å². The smallest absolute Gasteiger partial charge is 0.161 e. The van der Waals surface area contributed by atoms with Crippen LogP contribution in [0, 0.1) is 11.8 Å². The van der Waals surface area contributed by atoms with E-state index in [0.717, 1.165) is 31.5 Å². The summed E-state index contributed by atoms with van der Waals surface area (Å²) in [6, 6.07) is 5.65. The largest absolute Gasteiger partial charge is 0.504 e. The monoisotopic (exact) mass is 249 g/mol. The molecule has 2 unspecified atom stereocenters. The Kier molecular flexibility index (Phi) is 4.12. The van der Waals surface area contributed by atoms with Gasteiger partial charge in [-0.3, -0.25) is 4.90 Å². The molecule has 0 aliphatic carbocycles. The number of nitrogens with zero attached hydrogens (tertiary/aromatic N) is 1. The molecule has 1 aliphatic rings. The Hall–Kier alpha value is -1.22. The molecule has 1 aromatic carbocycles. The molecule has 2 rings (SSSR count). The van der Waals surface area contributed by atoms with Crippen molar-refractivity contribution in [1.82, 2.24) is 4.90 Å². The van der Waals surface area contributed by atoms with Crippen molar-refractivity contribution in [3.8, 4) is 11.5 Å². The van der Waals surface area contributed by atoms with Gasteiger partial charge < -0.3 is 9.84 Å². The zero-order valence-electron chi connectivity index (χ0n) is 11.5. The van der Waals surface area contributed by atoms with Crippen molar-refractivity contribution < 1.29 is 9.84 Å². The maximum atomic E-state index is 9.67. The molecule has 3 heteroatoms. The Morgan fingerprint density at radius 2 is 1.94 bits per heavy atom. The van der Waals surface area contributed by atoms with Crippen LogP contribution < -0.4 is 4.74 Å². The van der Waals surface area contributed by atoms with Crippen molar-refractivity contribution in [1.29, 1.82) is 0 Å². The van der Waals surface area contributed by atoms with Gasteiger partial charge >= 0.3 is 0 Å². The molecule has 1 aromatic rings. The van der Waals surface area contributed by atoms with E-state index >= 15 is 0 Å². The molecule has 0 spiro atoms. The van der Waals surface area contributed by atoms with Crippen LogP contribution in [-0.4, -0.2) is 29.7 Å². The minimum absolute atomic E-state index is 0.226. The Balaban J connectivity index is 2.03. The van der Waals surface area contributed by atoms with Crippen LogP contribution in [0.15, 0.2) is 18.2 Å². The molecule has 0 radical (unpaired) electrons. The van der Waals surface area contributed by atoms with Crippen molar-refractivity contribution in [2.24, 2.45) is 11.8 Å². The van der Waals surface area contributed by atoms with Gasteiger partial charge in [-0.1, -0.05) is 19.9 Å². The molecular formula is C15H23NO2. The Morgan fingerprint density at radius 1 is 1.28 bits per heavy atom. The van der Waals surface area contributed by atoms with E-state index in [-0.39, 0.29) is 5.75 Å². The van der Waals surface area contributed by atoms with E-state index in [1.807, 2.05) is 19.1 Å². The third-order valence-electron chi connectivity index (χ3n) is 3.79. The van der Waals surface area contributed by atoms with E-state index in [1.165, 1.54) is 5.56 Å². The van der Waals surface area contributed by atoms with Crippen LogP contribution >= 0.6 is 0 Å². The molecule has 100 valence electrons. The number of phenolic OH excluding ortho intramolecular Hbond substituents is 1. The number of rotatable bonds is 4.